The Bertz CT molecular complexity index is 571. The van der Waals surface area contributed by atoms with Gasteiger partial charge in [-0.05, 0) is 44.8 Å². The molecule has 2 aromatic rings. The molecule has 4 nitrogen and oxygen atoms in total. The van der Waals surface area contributed by atoms with Crippen molar-refractivity contribution in [2.75, 3.05) is 7.11 Å². The molecular weight excluding hydrogens is 385 g/mol. The van der Waals surface area contributed by atoms with E-state index >= 15 is 0 Å². The Kier molecular flexibility index (Phi) is 4.29. The molecule has 0 bridgehead atoms. The summed E-state index contributed by atoms with van der Waals surface area (Å²) >= 11 is 12.9. The van der Waals surface area contributed by atoms with E-state index in [4.69, 9.17) is 16.3 Å². The number of nitrogens with zero attached hydrogens (tertiary/aromatic N) is 3. The fourth-order valence-corrected chi connectivity index (χ4v) is 2.86. The van der Waals surface area contributed by atoms with Crippen molar-refractivity contribution in [3.05, 3.63) is 33.0 Å². The molecule has 0 saturated carbocycles. The van der Waals surface area contributed by atoms with E-state index in [1.54, 1.807) is 18.0 Å². The summed E-state index contributed by atoms with van der Waals surface area (Å²) in [5, 5.41) is 7.90. The number of rotatable bonds is 3. The van der Waals surface area contributed by atoms with Gasteiger partial charge in [-0.2, -0.15) is 0 Å². The maximum Gasteiger partial charge on any atom is 0.135 e. The van der Waals surface area contributed by atoms with Gasteiger partial charge in [-0.3, -0.25) is 0 Å². The molecule has 7 heteroatoms. The molecule has 1 aromatic heterocycles. The van der Waals surface area contributed by atoms with Crippen molar-refractivity contribution in [1.82, 2.24) is 15.0 Å². The highest BCUT2D eigenvalue weighted by atomic mass is 79.9. The Morgan fingerprint density at radius 2 is 2.06 bits per heavy atom. The first-order valence-electron chi connectivity index (χ1n) is 5.12. The number of halogens is 3. The van der Waals surface area contributed by atoms with E-state index in [-0.39, 0.29) is 5.38 Å². The van der Waals surface area contributed by atoms with Gasteiger partial charge in [0, 0.05) is 10.5 Å². The van der Waals surface area contributed by atoms with Crippen LogP contribution in [0.25, 0.3) is 5.69 Å². The summed E-state index contributed by atoms with van der Waals surface area (Å²) in [6.07, 6.45) is 1.80. The molecule has 18 heavy (non-hydrogen) atoms. The molecule has 1 aromatic carbocycles. The van der Waals surface area contributed by atoms with Crippen molar-refractivity contribution in [2.24, 2.45) is 0 Å². The summed E-state index contributed by atoms with van der Waals surface area (Å²) in [6.45, 7) is 1.85. The smallest absolute Gasteiger partial charge is 0.135 e. The van der Waals surface area contributed by atoms with Gasteiger partial charge in [-0.25, -0.2) is 4.68 Å². The summed E-state index contributed by atoms with van der Waals surface area (Å²) in [7, 11) is 1.62. The topological polar surface area (TPSA) is 39.9 Å². The third-order valence-electron chi connectivity index (χ3n) is 2.39. The molecule has 2 rings (SSSR count). The Hall–Kier alpha value is -0.590. The number of methoxy groups -OCH3 is 1. The number of hydrogen-bond acceptors (Lipinski definition) is 3. The summed E-state index contributed by atoms with van der Waals surface area (Å²) in [5.41, 5.74) is 1.57. The molecule has 0 aliphatic rings. The van der Waals surface area contributed by atoms with E-state index in [1.165, 1.54) is 0 Å². The monoisotopic (exact) mass is 393 g/mol. The van der Waals surface area contributed by atoms with Crippen LogP contribution in [0.15, 0.2) is 27.3 Å². The molecule has 0 aliphatic heterocycles. The average Bonchev–Trinajstić information content (AvgIpc) is 2.78. The van der Waals surface area contributed by atoms with Gasteiger partial charge < -0.3 is 4.74 Å². The normalized spacial score (nSPS) is 12.5. The van der Waals surface area contributed by atoms with Gasteiger partial charge in [0.1, 0.15) is 11.4 Å². The van der Waals surface area contributed by atoms with Crippen molar-refractivity contribution in [3.63, 3.8) is 0 Å². The molecule has 1 atom stereocenters. The summed E-state index contributed by atoms with van der Waals surface area (Å²) in [4.78, 5) is 0. The van der Waals surface area contributed by atoms with E-state index < -0.39 is 0 Å². The van der Waals surface area contributed by atoms with E-state index in [9.17, 15) is 0 Å². The predicted molar refractivity (Wildman–Crippen MR) is 77.6 cm³/mol. The minimum Gasteiger partial charge on any atom is -0.495 e. The summed E-state index contributed by atoms with van der Waals surface area (Å²) in [6, 6.07) is 3.77. The largest absolute Gasteiger partial charge is 0.495 e. The minimum atomic E-state index is -0.171. The molecule has 0 aliphatic carbocycles. The standard InChI is InChI=1S/C11H10Br2ClN3O/c1-6(14)9-5-17(16-15-9)10-4-11(18-2)8(13)3-7(10)12/h3-6H,1-2H3. The lowest BCUT2D eigenvalue weighted by Gasteiger charge is -2.08. The Morgan fingerprint density at radius 3 is 2.61 bits per heavy atom. The van der Waals surface area contributed by atoms with Gasteiger partial charge in [0.05, 0.1) is 28.8 Å². The molecule has 1 unspecified atom stereocenters. The van der Waals surface area contributed by atoms with Crippen molar-refractivity contribution >= 4 is 43.5 Å². The van der Waals surface area contributed by atoms with Crippen LogP contribution in [0.3, 0.4) is 0 Å². The highest BCUT2D eigenvalue weighted by Crippen LogP contribution is 2.33. The lowest BCUT2D eigenvalue weighted by atomic mass is 10.3. The third kappa shape index (κ3) is 2.70. The van der Waals surface area contributed by atoms with E-state index in [0.29, 0.717) is 0 Å². The minimum absolute atomic E-state index is 0.171. The van der Waals surface area contributed by atoms with Crippen molar-refractivity contribution in [1.29, 1.82) is 0 Å². The van der Waals surface area contributed by atoms with Gasteiger partial charge in [0.25, 0.3) is 0 Å². The first-order valence-corrected chi connectivity index (χ1v) is 7.15. The van der Waals surface area contributed by atoms with Crippen LogP contribution < -0.4 is 4.74 Å². The van der Waals surface area contributed by atoms with Crippen LogP contribution in [0.4, 0.5) is 0 Å². The zero-order valence-corrected chi connectivity index (χ0v) is 13.6. The first kappa shape index (κ1) is 13.8. The highest BCUT2D eigenvalue weighted by molar-refractivity contribution is 9.11. The van der Waals surface area contributed by atoms with E-state index in [1.807, 2.05) is 19.1 Å². The number of alkyl halides is 1. The second kappa shape index (κ2) is 5.59. The van der Waals surface area contributed by atoms with Gasteiger partial charge >= 0.3 is 0 Å². The molecule has 96 valence electrons. The zero-order valence-electron chi connectivity index (χ0n) is 9.69. The zero-order chi connectivity index (χ0) is 13.3. The third-order valence-corrected chi connectivity index (χ3v) is 3.87. The van der Waals surface area contributed by atoms with Crippen LogP contribution in [0, 0.1) is 0 Å². The number of aromatic nitrogens is 3. The van der Waals surface area contributed by atoms with Crippen LogP contribution in [-0.2, 0) is 0 Å². The second-order valence-electron chi connectivity index (χ2n) is 3.64. The lowest BCUT2D eigenvalue weighted by Crippen LogP contribution is -1.98. The van der Waals surface area contributed by atoms with E-state index in [2.05, 4.69) is 42.2 Å². The highest BCUT2D eigenvalue weighted by Gasteiger charge is 2.12. The molecule has 1 heterocycles. The van der Waals surface area contributed by atoms with Crippen molar-refractivity contribution in [2.45, 2.75) is 12.3 Å². The summed E-state index contributed by atoms with van der Waals surface area (Å²) < 4.78 is 8.67. The van der Waals surface area contributed by atoms with Crippen LogP contribution in [0.2, 0.25) is 0 Å². The van der Waals surface area contributed by atoms with Crippen LogP contribution >= 0.6 is 43.5 Å². The van der Waals surface area contributed by atoms with Crippen LogP contribution in [0.5, 0.6) is 5.75 Å². The number of benzene rings is 1. The van der Waals surface area contributed by atoms with Gasteiger partial charge in [0.2, 0.25) is 0 Å². The maximum absolute atomic E-state index is 5.97. The predicted octanol–water partition coefficient (Wildman–Crippen LogP) is 4.10. The molecule has 0 amide bonds. The lowest BCUT2D eigenvalue weighted by molar-refractivity contribution is 0.411. The van der Waals surface area contributed by atoms with E-state index in [0.717, 1.165) is 26.1 Å². The second-order valence-corrected chi connectivity index (χ2v) is 6.01. The fraction of sp³-hybridized carbons (Fsp3) is 0.273. The maximum atomic E-state index is 5.97. The van der Waals surface area contributed by atoms with Gasteiger partial charge in [0.15, 0.2) is 0 Å². The molecule has 0 radical (unpaired) electrons. The molecular formula is C11H10Br2ClN3O. The Morgan fingerprint density at radius 1 is 1.33 bits per heavy atom. The van der Waals surface area contributed by atoms with Gasteiger partial charge in [-0.15, -0.1) is 16.7 Å². The first-order chi connectivity index (χ1) is 8.52. The van der Waals surface area contributed by atoms with Gasteiger partial charge in [-0.1, -0.05) is 5.21 Å². The summed E-state index contributed by atoms with van der Waals surface area (Å²) in [5.74, 6) is 0.726. The average molecular weight is 395 g/mol. The van der Waals surface area contributed by atoms with Crippen LogP contribution in [-0.4, -0.2) is 22.1 Å². The fourth-order valence-electron chi connectivity index (χ4n) is 1.43. The molecule has 0 saturated heterocycles. The molecule has 0 fully saturated rings. The van der Waals surface area contributed by atoms with Crippen molar-refractivity contribution in [3.8, 4) is 11.4 Å². The molecule has 0 N–H and O–H groups in total. The quantitative estimate of drug-likeness (QED) is 0.735. The molecule has 0 spiro atoms. The Balaban J connectivity index is 2.49. The van der Waals surface area contributed by atoms with Crippen LogP contribution in [0.1, 0.15) is 18.0 Å². The number of ether oxygens (including phenoxy) is 1. The van der Waals surface area contributed by atoms with Crippen molar-refractivity contribution < 1.29 is 4.74 Å². The SMILES string of the molecule is COc1cc(-n2cc(C(C)Cl)nn2)c(Br)cc1Br. The number of hydrogen-bond donors (Lipinski definition) is 0. The Labute approximate surface area is 127 Å².